The van der Waals surface area contributed by atoms with Gasteiger partial charge in [0, 0.05) is 34.8 Å². The molecule has 0 aliphatic heterocycles. The maximum atomic E-state index is 12.1. The monoisotopic (exact) mass is 429 g/mol. The predicted octanol–water partition coefficient (Wildman–Crippen LogP) is 4.66. The van der Waals surface area contributed by atoms with E-state index in [-0.39, 0.29) is 11.6 Å². The SMILES string of the molecule is C=Cn1c(-c2ccc(NS(=O)(=O)CCCCl)cc2)c(C#N)c2ccc(OC)cc21. The predicted molar refractivity (Wildman–Crippen MR) is 118 cm³/mol. The van der Waals surface area contributed by atoms with Crippen LogP contribution in [0.3, 0.4) is 0 Å². The van der Waals surface area contributed by atoms with Gasteiger partial charge < -0.3 is 9.30 Å². The Morgan fingerprint density at radius 3 is 2.59 bits per heavy atom. The number of halogens is 1. The minimum Gasteiger partial charge on any atom is -0.497 e. The number of ether oxygens (including phenoxy) is 1. The lowest BCUT2D eigenvalue weighted by molar-refractivity contribution is 0.415. The van der Waals surface area contributed by atoms with Gasteiger partial charge in [-0.15, -0.1) is 11.6 Å². The van der Waals surface area contributed by atoms with Crippen LogP contribution < -0.4 is 9.46 Å². The average Bonchev–Trinajstić information content (AvgIpc) is 3.05. The van der Waals surface area contributed by atoms with Crippen molar-refractivity contribution < 1.29 is 13.2 Å². The van der Waals surface area contributed by atoms with Crippen molar-refractivity contribution in [2.75, 3.05) is 23.5 Å². The number of alkyl halides is 1. The molecule has 150 valence electrons. The third kappa shape index (κ3) is 4.24. The highest BCUT2D eigenvalue weighted by atomic mass is 35.5. The van der Waals surface area contributed by atoms with Crippen LogP contribution in [0, 0.1) is 11.3 Å². The van der Waals surface area contributed by atoms with Crippen LogP contribution in [-0.4, -0.2) is 31.7 Å². The van der Waals surface area contributed by atoms with E-state index in [1.165, 1.54) is 0 Å². The number of nitrogens with zero attached hydrogens (tertiary/aromatic N) is 2. The molecule has 0 saturated heterocycles. The van der Waals surface area contributed by atoms with Crippen molar-refractivity contribution in [3.05, 3.63) is 54.6 Å². The summed E-state index contributed by atoms with van der Waals surface area (Å²) in [5.41, 5.74) is 3.21. The molecule has 0 aliphatic rings. The van der Waals surface area contributed by atoms with Gasteiger partial charge in [-0.25, -0.2) is 8.42 Å². The normalized spacial score (nSPS) is 11.2. The van der Waals surface area contributed by atoms with Crippen molar-refractivity contribution in [3.63, 3.8) is 0 Å². The first-order valence-corrected chi connectivity index (χ1v) is 11.0. The number of nitriles is 1. The van der Waals surface area contributed by atoms with Gasteiger partial charge in [-0.1, -0.05) is 18.7 Å². The molecule has 0 aliphatic carbocycles. The highest BCUT2D eigenvalue weighted by molar-refractivity contribution is 7.92. The summed E-state index contributed by atoms with van der Waals surface area (Å²) in [5, 5.41) is 10.6. The number of anilines is 1. The summed E-state index contributed by atoms with van der Waals surface area (Å²) in [7, 11) is -1.87. The van der Waals surface area contributed by atoms with E-state index in [1.54, 1.807) is 43.6 Å². The minimum absolute atomic E-state index is 0.0383. The second-order valence-corrected chi connectivity index (χ2v) is 8.53. The molecule has 0 radical (unpaired) electrons. The summed E-state index contributed by atoms with van der Waals surface area (Å²) < 4.78 is 33.8. The zero-order valence-corrected chi connectivity index (χ0v) is 17.4. The van der Waals surface area contributed by atoms with Gasteiger partial charge >= 0.3 is 0 Å². The lowest BCUT2D eigenvalue weighted by Crippen LogP contribution is -2.16. The summed E-state index contributed by atoms with van der Waals surface area (Å²) in [5.74, 6) is 0.924. The van der Waals surface area contributed by atoms with E-state index < -0.39 is 10.0 Å². The third-order valence-electron chi connectivity index (χ3n) is 4.48. The first-order valence-electron chi connectivity index (χ1n) is 8.85. The fourth-order valence-electron chi connectivity index (χ4n) is 3.18. The number of hydrogen-bond donors (Lipinski definition) is 1. The third-order valence-corrected chi connectivity index (χ3v) is 6.12. The molecule has 3 rings (SSSR count). The molecular formula is C21H20ClN3O3S. The van der Waals surface area contributed by atoms with Crippen LogP contribution in [0.4, 0.5) is 5.69 Å². The second-order valence-electron chi connectivity index (χ2n) is 6.31. The van der Waals surface area contributed by atoms with Crippen LogP contribution >= 0.6 is 11.6 Å². The number of hydrogen-bond acceptors (Lipinski definition) is 4. The topological polar surface area (TPSA) is 84.1 Å². The number of rotatable bonds is 8. The summed E-state index contributed by atoms with van der Waals surface area (Å²) in [6.45, 7) is 3.88. The largest absolute Gasteiger partial charge is 0.497 e. The Kier molecular flexibility index (Phi) is 6.16. The molecule has 0 atom stereocenters. The van der Waals surface area contributed by atoms with Gasteiger partial charge in [0.1, 0.15) is 11.8 Å². The van der Waals surface area contributed by atoms with Gasteiger partial charge in [-0.05, 0) is 30.7 Å². The Morgan fingerprint density at radius 2 is 2.00 bits per heavy atom. The molecule has 1 heterocycles. The molecule has 0 unspecified atom stereocenters. The fraction of sp³-hybridized carbons (Fsp3) is 0.190. The highest BCUT2D eigenvalue weighted by Crippen LogP contribution is 2.35. The molecule has 0 saturated carbocycles. The lowest BCUT2D eigenvalue weighted by Gasteiger charge is -2.10. The van der Waals surface area contributed by atoms with Gasteiger partial charge in [-0.2, -0.15) is 5.26 Å². The number of fused-ring (bicyclic) bond motifs is 1. The van der Waals surface area contributed by atoms with Gasteiger partial charge in [-0.3, -0.25) is 4.72 Å². The van der Waals surface area contributed by atoms with E-state index in [0.29, 0.717) is 29.1 Å². The molecule has 29 heavy (non-hydrogen) atoms. The van der Waals surface area contributed by atoms with E-state index >= 15 is 0 Å². The number of benzene rings is 2. The molecule has 1 aromatic heterocycles. The Bertz CT molecular complexity index is 1190. The number of aromatic nitrogens is 1. The Morgan fingerprint density at radius 1 is 1.28 bits per heavy atom. The van der Waals surface area contributed by atoms with E-state index in [9.17, 15) is 13.7 Å². The van der Waals surface area contributed by atoms with Crippen molar-refractivity contribution in [2.24, 2.45) is 0 Å². The summed E-state index contributed by atoms with van der Waals surface area (Å²) in [6, 6.07) is 14.6. The zero-order chi connectivity index (χ0) is 21.0. The van der Waals surface area contributed by atoms with E-state index in [0.717, 1.165) is 16.5 Å². The van der Waals surface area contributed by atoms with Crippen LogP contribution in [0.25, 0.3) is 28.4 Å². The minimum atomic E-state index is -3.45. The average molecular weight is 430 g/mol. The molecule has 0 bridgehead atoms. The van der Waals surface area contributed by atoms with E-state index in [4.69, 9.17) is 16.3 Å². The molecule has 1 N–H and O–H groups in total. The van der Waals surface area contributed by atoms with Crippen LogP contribution in [0.15, 0.2) is 49.0 Å². The molecule has 3 aromatic rings. The van der Waals surface area contributed by atoms with Crippen LogP contribution in [-0.2, 0) is 10.0 Å². The van der Waals surface area contributed by atoms with Crippen LogP contribution in [0.2, 0.25) is 0 Å². The molecular weight excluding hydrogens is 410 g/mol. The van der Waals surface area contributed by atoms with E-state index in [2.05, 4.69) is 17.4 Å². The van der Waals surface area contributed by atoms with Crippen molar-refractivity contribution >= 4 is 44.4 Å². The Balaban J connectivity index is 2.05. The van der Waals surface area contributed by atoms with Crippen molar-refractivity contribution in [1.29, 1.82) is 5.26 Å². The number of methoxy groups -OCH3 is 1. The standard InChI is InChI=1S/C21H20ClN3O3S/c1-3-25-20-13-17(28-2)9-10-18(20)19(14-23)21(25)15-5-7-16(8-6-15)24-29(26,27)12-4-11-22/h3,5-10,13,24H,1,4,11-12H2,2H3. The first kappa shape index (κ1) is 20.8. The Labute approximate surface area is 175 Å². The highest BCUT2D eigenvalue weighted by Gasteiger charge is 2.18. The van der Waals surface area contributed by atoms with Gasteiger partial charge in [0.25, 0.3) is 0 Å². The fourth-order valence-corrected chi connectivity index (χ4v) is 4.59. The lowest BCUT2D eigenvalue weighted by atomic mass is 10.1. The van der Waals surface area contributed by atoms with Gasteiger partial charge in [0.2, 0.25) is 10.0 Å². The first-order chi connectivity index (χ1) is 13.9. The zero-order valence-electron chi connectivity index (χ0n) is 15.9. The van der Waals surface area contributed by atoms with Crippen LogP contribution in [0.1, 0.15) is 12.0 Å². The molecule has 0 amide bonds. The maximum absolute atomic E-state index is 12.1. The quantitative estimate of drug-likeness (QED) is 0.528. The van der Waals surface area contributed by atoms with Crippen molar-refractivity contribution in [1.82, 2.24) is 4.57 Å². The Hall–Kier alpha value is -2.95. The summed E-state index contributed by atoms with van der Waals surface area (Å²) in [6.07, 6.45) is 2.02. The maximum Gasteiger partial charge on any atom is 0.232 e. The van der Waals surface area contributed by atoms with E-state index in [1.807, 2.05) is 16.7 Å². The van der Waals surface area contributed by atoms with Gasteiger partial charge in [0.05, 0.1) is 29.6 Å². The van der Waals surface area contributed by atoms with Gasteiger partial charge in [0.15, 0.2) is 0 Å². The van der Waals surface area contributed by atoms with Crippen LogP contribution in [0.5, 0.6) is 5.75 Å². The summed E-state index contributed by atoms with van der Waals surface area (Å²) in [4.78, 5) is 0. The molecule has 0 spiro atoms. The van der Waals surface area contributed by atoms with Crippen molar-refractivity contribution in [2.45, 2.75) is 6.42 Å². The molecule has 6 nitrogen and oxygen atoms in total. The van der Waals surface area contributed by atoms with Crippen molar-refractivity contribution in [3.8, 4) is 23.1 Å². The molecule has 0 fully saturated rings. The molecule has 2 aromatic carbocycles. The number of nitrogens with one attached hydrogen (secondary N) is 1. The second kappa shape index (κ2) is 8.60. The summed E-state index contributed by atoms with van der Waals surface area (Å²) >= 11 is 5.57. The molecule has 8 heteroatoms. The number of sulfonamides is 1. The smallest absolute Gasteiger partial charge is 0.232 e.